The fourth-order valence-electron chi connectivity index (χ4n) is 2.79. The molecule has 0 atom stereocenters. The van der Waals surface area contributed by atoms with Crippen molar-refractivity contribution in [3.63, 3.8) is 0 Å². The van der Waals surface area contributed by atoms with Gasteiger partial charge in [-0.2, -0.15) is 5.10 Å². The molecule has 0 bridgehead atoms. The van der Waals surface area contributed by atoms with Crippen molar-refractivity contribution in [1.29, 1.82) is 0 Å². The number of aromatic nitrogens is 4. The van der Waals surface area contributed by atoms with E-state index in [0.29, 0.717) is 16.2 Å². The molecule has 0 radical (unpaired) electrons. The molecule has 1 aliphatic rings. The Labute approximate surface area is 135 Å². The summed E-state index contributed by atoms with van der Waals surface area (Å²) in [6.45, 7) is 0.380. The van der Waals surface area contributed by atoms with Crippen LogP contribution in [0.2, 0.25) is 0 Å². The average Bonchev–Trinajstić information content (AvgIpc) is 2.94. The summed E-state index contributed by atoms with van der Waals surface area (Å²) in [5.41, 5.74) is 0.0998. The van der Waals surface area contributed by atoms with Gasteiger partial charge in [0, 0.05) is 12.4 Å². The Morgan fingerprint density at radius 3 is 2.81 bits per heavy atom. The molecule has 0 spiro atoms. The molecule has 6 nitrogen and oxygen atoms in total. The second-order valence-corrected chi connectivity index (χ2v) is 6.61. The van der Waals surface area contributed by atoms with Gasteiger partial charge in [0.15, 0.2) is 0 Å². The first-order valence-corrected chi connectivity index (χ1v) is 8.24. The van der Waals surface area contributed by atoms with Crippen LogP contribution in [0.15, 0.2) is 28.0 Å². The van der Waals surface area contributed by atoms with E-state index in [0.717, 1.165) is 5.69 Å². The second kappa shape index (κ2) is 6.17. The van der Waals surface area contributed by atoms with Crippen LogP contribution in [0.1, 0.15) is 43.8 Å². The zero-order chi connectivity index (χ0) is 14.8. The Morgan fingerprint density at radius 1 is 1.29 bits per heavy atom. The van der Waals surface area contributed by atoms with Gasteiger partial charge in [-0.1, -0.05) is 19.3 Å². The van der Waals surface area contributed by atoms with E-state index in [2.05, 4.69) is 10.1 Å². The maximum absolute atomic E-state index is 11.8. The van der Waals surface area contributed by atoms with E-state index < -0.39 is 5.69 Å². The average molecular weight is 400 g/mol. The SMILES string of the molecule is O=c1[nH]c(=O)n(Cc2ccn(C3CCCCC3)n2)cc1I. The first kappa shape index (κ1) is 14.6. The zero-order valence-electron chi connectivity index (χ0n) is 11.6. The van der Waals surface area contributed by atoms with Crippen LogP contribution in [0, 0.1) is 3.57 Å². The largest absolute Gasteiger partial charge is 0.328 e. The summed E-state index contributed by atoms with van der Waals surface area (Å²) in [5.74, 6) is 0. The van der Waals surface area contributed by atoms with Crippen molar-refractivity contribution < 1.29 is 0 Å². The predicted molar refractivity (Wildman–Crippen MR) is 87.5 cm³/mol. The molecule has 0 aliphatic heterocycles. The van der Waals surface area contributed by atoms with Gasteiger partial charge in [0.2, 0.25) is 0 Å². The number of aromatic amines is 1. The van der Waals surface area contributed by atoms with Crippen molar-refractivity contribution in [3.8, 4) is 0 Å². The minimum absolute atomic E-state index is 0.343. The highest BCUT2D eigenvalue weighted by atomic mass is 127. The number of H-pyrrole nitrogens is 1. The third kappa shape index (κ3) is 3.28. The standard InChI is InChI=1S/C14H17IN4O2/c15-12-9-18(14(21)16-13(12)20)8-10-6-7-19(17-10)11-4-2-1-3-5-11/h6-7,9,11H,1-5,8H2,(H,16,20,21). The summed E-state index contributed by atoms with van der Waals surface area (Å²) in [5, 5.41) is 4.58. The summed E-state index contributed by atoms with van der Waals surface area (Å²) >= 11 is 1.92. The number of rotatable bonds is 3. The predicted octanol–water partition coefficient (Wildman–Crippen LogP) is 1.89. The molecule has 1 aliphatic carbocycles. The lowest BCUT2D eigenvalue weighted by molar-refractivity contribution is 0.328. The van der Waals surface area contributed by atoms with Crippen molar-refractivity contribution in [3.05, 3.63) is 48.6 Å². The molecule has 1 saturated carbocycles. The number of halogens is 1. The van der Waals surface area contributed by atoms with Crippen LogP contribution in [-0.4, -0.2) is 19.3 Å². The minimum Gasteiger partial charge on any atom is -0.293 e. The van der Waals surface area contributed by atoms with E-state index in [9.17, 15) is 9.59 Å². The molecule has 1 fully saturated rings. The van der Waals surface area contributed by atoms with Gasteiger partial charge >= 0.3 is 5.69 Å². The lowest BCUT2D eigenvalue weighted by Gasteiger charge is -2.21. The Balaban J connectivity index is 1.79. The van der Waals surface area contributed by atoms with Gasteiger partial charge in [-0.25, -0.2) is 4.79 Å². The number of hydrogen-bond acceptors (Lipinski definition) is 3. The van der Waals surface area contributed by atoms with Crippen LogP contribution in [-0.2, 0) is 6.54 Å². The topological polar surface area (TPSA) is 72.7 Å². The van der Waals surface area contributed by atoms with E-state index in [1.54, 1.807) is 6.20 Å². The highest BCUT2D eigenvalue weighted by molar-refractivity contribution is 14.1. The molecular formula is C14H17IN4O2. The Morgan fingerprint density at radius 2 is 2.05 bits per heavy atom. The zero-order valence-corrected chi connectivity index (χ0v) is 13.7. The first-order valence-electron chi connectivity index (χ1n) is 7.17. The Kier molecular flexibility index (Phi) is 4.27. The van der Waals surface area contributed by atoms with Crippen molar-refractivity contribution in [2.24, 2.45) is 0 Å². The van der Waals surface area contributed by atoms with Gasteiger partial charge in [0.25, 0.3) is 5.56 Å². The molecule has 21 heavy (non-hydrogen) atoms. The summed E-state index contributed by atoms with van der Waals surface area (Å²) < 4.78 is 4.01. The molecule has 2 aromatic heterocycles. The molecule has 2 aromatic rings. The van der Waals surface area contributed by atoms with Gasteiger partial charge < -0.3 is 0 Å². The highest BCUT2D eigenvalue weighted by Gasteiger charge is 2.16. The fourth-order valence-corrected chi connectivity index (χ4v) is 3.26. The lowest BCUT2D eigenvalue weighted by atomic mass is 9.96. The van der Waals surface area contributed by atoms with Crippen LogP contribution in [0.3, 0.4) is 0 Å². The summed E-state index contributed by atoms with van der Waals surface area (Å²) in [6, 6.07) is 2.43. The summed E-state index contributed by atoms with van der Waals surface area (Å²) in [4.78, 5) is 25.4. The molecule has 0 unspecified atom stereocenters. The Hall–Kier alpha value is -1.38. The van der Waals surface area contributed by atoms with Crippen LogP contribution < -0.4 is 11.2 Å². The van der Waals surface area contributed by atoms with Crippen molar-refractivity contribution in [1.82, 2.24) is 19.3 Å². The maximum Gasteiger partial charge on any atom is 0.328 e. The third-order valence-corrected chi connectivity index (χ3v) is 4.68. The van der Waals surface area contributed by atoms with Gasteiger partial charge in [0.05, 0.1) is 21.9 Å². The number of nitrogens with one attached hydrogen (secondary N) is 1. The van der Waals surface area contributed by atoms with Crippen molar-refractivity contribution in [2.45, 2.75) is 44.7 Å². The van der Waals surface area contributed by atoms with Crippen LogP contribution in [0.25, 0.3) is 0 Å². The van der Waals surface area contributed by atoms with E-state index in [-0.39, 0.29) is 5.56 Å². The molecule has 2 heterocycles. The van der Waals surface area contributed by atoms with Gasteiger partial charge in [-0.3, -0.25) is 19.0 Å². The molecule has 0 amide bonds. The second-order valence-electron chi connectivity index (χ2n) is 5.44. The fraction of sp³-hybridized carbons (Fsp3) is 0.500. The van der Waals surface area contributed by atoms with E-state index in [1.165, 1.54) is 36.7 Å². The minimum atomic E-state index is -0.396. The van der Waals surface area contributed by atoms with Gasteiger partial charge in [-0.15, -0.1) is 0 Å². The molecule has 3 rings (SSSR count). The maximum atomic E-state index is 11.8. The monoisotopic (exact) mass is 400 g/mol. The summed E-state index contributed by atoms with van der Waals surface area (Å²) in [6.07, 6.45) is 9.76. The molecular weight excluding hydrogens is 383 g/mol. The van der Waals surface area contributed by atoms with E-state index in [1.807, 2.05) is 39.5 Å². The van der Waals surface area contributed by atoms with Crippen molar-refractivity contribution in [2.75, 3.05) is 0 Å². The first-order chi connectivity index (χ1) is 10.1. The smallest absolute Gasteiger partial charge is 0.293 e. The quantitative estimate of drug-likeness (QED) is 0.800. The normalized spacial score (nSPS) is 16.2. The van der Waals surface area contributed by atoms with Crippen LogP contribution in [0.4, 0.5) is 0 Å². The molecule has 0 aromatic carbocycles. The highest BCUT2D eigenvalue weighted by Crippen LogP contribution is 2.27. The van der Waals surface area contributed by atoms with Crippen LogP contribution in [0.5, 0.6) is 0 Å². The molecule has 1 N–H and O–H groups in total. The molecule has 0 saturated heterocycles. The number of hydrogen-bond donors (Lipinski definition) is 1. The molecule has 112 valence electrons. The van der Waals surface area contributed by atoms with Crippen LogP contribution >= 0.6 is 22.6 Å². The molecule has 7 heteroatoms. The van der Waals surface area contributed by atoms with Crippen molar-refractivity contribution >= 4 is 22.6 Å². The summed E-state index contributed by atoms with van der Waals surface area (Å²) in [7, 11) is 0. The lowest BCUT2D eigenvalue weighted by Crippen LogP contribution is -2.31. The Bertz CT molecular complexity index is 740. The van der Waals surface area contributed by atoms with Gasteiger partial charge in [-0.05, 0) is 41.5 Å². The third-order valence-electron chi connectivity index (χ3n) is 3.91. The van der Waals surface area contributed by atoms with Gasteiger partial charge in [0.1, 0.15) is 0 Å². The number of nitrogens with zero attached hydrogens (tertiary/aromatic N) is 3. The van der Waals surface area contributed by atoms with E-state index >= 15 is 0 Å². The van der Waals surface area contributed by atoms with E-state index in [4.69, 9.17) is 0 Å².